The Labute approximate surface area is 181 Å². The van der Waals surface area contributed by atoms with Gasteiger partial charge in [0.1, 0.15) is 11.8 Å². The number of carbonyl (C=O) groups is 3. The molecule has 31 heavy (non-hydrogen) atoms. The topological polar surface area (TPSA) is 118 Å². The fourth-order valence-corrected chi connectivity index (χ4v) is 3.71. The fraction of sp³-hybridized carbons (Fsp3) is 0.391. The highest BCUT2D eigenvalue weighted by molar-refractivity contribution is 5.95. The number of aromatic nitrogens is 1. The van der Waals surface area contributed by atoms with E-state index < -0.39 is 0 Å². The molecule has 0 saturated carbocycles. The van der Waals surface area contributed by atoms with Crippen molar-refractivity contribution in [3.63, 3.8) is 0 Å². The Morgan fingerprint density at radius 1 is 1.06 bits per heavy atom. The first-order chi connectivity index (χ1) is 15.1. The van der Waals surface area contributed by atoms with E-state index >= 15 is 0 Å². The smallest absolute Gasteiger partial charge is 0.270 e. The maximum Gasteiger partial charge on any atom is 0.270 e. The third-order valence-corrected chi connectivity index (χ3v) is 5.40. The predicted molar refractivity (Wildman–Crippen MR) is 115 cm³/mol. The van der Waals surface area contributed by atoms with Gasteiger partial charge in [0.05, 0.1) is 12.1 Å². The Hall–Kier alpha value is -3.60. The van der Waals surface area contributed by atoms with Gasteiger partial charge in [-0.2, -0.15) is 5.26 Å². The maximum atomic E-state index is 12.8. The molecule has 1 aromatic heterocycles. The van der Waals surface area contributed by atoms with Crippen LogP contribution in [0.3, 0.4) is 0 Å². The van der Waals surface area contributed by atoms with Crippen LogP contribution in [0.15, 0.2) is 42.6 Å². The predicted octanol–water partition coefficient (Wildman–Crippen LogP) is 1.92. The normalized spacial score (nSPS) is 18.9. The zero-order valence-electron chi connectivity index (χ0n) is 17.4. The van der Waals surface area contributed by atoms with Crippen LogP contribution in [0.2, 0.25) is 0 Å². The van der Waals surface area contributed by atoms with E-state index in [1.807, 2.05) is 36.4 Å². The molecular formula is C23H27N5O3. The van der Waals surface area contributed by atoms with Crippen molar-refractivity contribution >= 4 is 17.7 Å². The van der Waals surface area contributed by atoms with Crippen LogP contribution in [-0.2, 0) is 9.59 Å². The number of nitrogens with zero attached hydrogens (tertiary/aromatic N) is 2. The van der Waals surface area contributed by atoms with Crippen LogP contribution in [0.25, 0.3) is 0 Å². The summed E-state index contributed by atoms with van der Waals surface area (Å²) in [7, 11) is 0. The van der Waals surface area contributed by atoms with Crippen LogP contribution in [0.1, 0.15) is 53.2 Å². The lowest BCUT2D eigenvalue weighted by molar-refractivity contribution is -0.123. The monoisotopic (exact) mass is 421 g/mol. The van der Waals surface area contributed by atoms with Gasteiger partial charge in [-0.15, -0.1) is 0 Å². The molecule has 162 valence electrons. The Morgan fingerprint density at radius 3 is 2.58 bits per heavy atom. The van der Waals surface area contributed by atoms with E-state index in [1.165, 1.54) is 17.2 Å². The molecular weight excluding hydrogens is 394 g/mol. The average Bonchev–Trinajstić information content (AvgIpc) is 3.27. The van der Waals surface area contributed by atoms with Crippen LogP contribution >= 0.6 is 0 Å². The Kier molecular flexibility index (Phi) is 7.82. The summed E-state index contributed by atoms with van der Waals surface area (Å²) in [6.07, 6.45) is 3.82. The zero-order valence-corrected chi connectivity index (χ0v) is 17.4. The molecule has 8 heteroatoms. The lowest BCUT2D eigenvalue weighted by atomic mass is 9.91. The van der Waals surface area contributed by atoms with Gasteiger partial charge in [-0.1, -0.05) is 30.3 Å². The van der Waals surface area contributed by atoms with E-state index in [2.05, 4.69) is 15.6 Å². The van der Waals surface area contributed by atoms with Gasteiger partial charge in [-0.3, -0.25) is 14.4 Å². The van der Waals surface area contributed by atoms with Crippen molar-refractivity contribution in [3.8, 4) is 6.07 Å². The SMILES string of the molecule is N#Cc1c[nH]c(C(=O)N2CCCNC(=O)CCC(c3ccccc3)CCNC(=O)C2)c1. The molecule has 1 aromatic carbocycles. The first-order valence-corrected chi connectivity index (χ1v) is 10.5. The van der Waals surface area contributed by atoms with Crippen LogP contribution in [0.4, 0.5) is 0 Å². The number of rotatable bonds is 2. The second-order valence-corrected chi connectivity index (χ2v) is 7.63. The van der Waals surface area contributed by atoms with Crippen LogP contribution in [-0.4, -0.2) is 53.8 Å². The summed E-state index contributed by atoms with van der Waals surface area (Å²) < 4.78 is 0. The van der Waals surface area contributed by atoms with E-state index in [0.717, 1.165) is 5.56 Å². The molecule has 2 heterocycles. The minimum absolute atomic E-state index is 0.0112. The second-order valence-electron chi connectivity index (χ2n) is 7.63. The molecule has 0 bridgehead atoms. The van der Waals surface area contributed by atoms with Gasteiger partial charge >= 0.3 is 0 Å². The van der Waals surface area contributed by atoms with E-state index in [9.17, 15) is 14.4 Å². The van der Waals surface area contributed by atoms with Gasteiger partial charge in [0, 0.05) is 32.3 Å². The van der Waals surface area contributed by atoms with Crippen LogP contribution < -0.4 is 10.6 Å². The highest BCUT2D eigenvalue weighted by atomic mass is 16.2. The molecule has 1 saturated heterocycles. The number of aromatic amines is 1. The lowest BCUT2D eigenvalue weighted by Crippen LogP contribution is -2.42. The van der Waals surface area contributed by atoms with Crippen LogP contribution in [0, 0.1) is 11.3 Å². The minimum atomic E-state index is -0.350. The summed E-state index contributed by atoms with van der Waals surface area (Å²) in [5.41, 5.74) is 1.77. The highest BCUT2D eigenvalue weighted by Gasteiger charge is 2.21. The Bertz CT molecular complexity index is 948. The maximum absolute atomic E-state index is 12.8. The van der Waals surface area contributed by atoms with E-state index in [1.54, 1.807) is 0 Å². The van der Waals surface area contributed by atoms with Crippen LogP contribution in [0.5, 0.6) is 0 Å². The summed E-state index contributed by atoms with van der Waals surface area (Å²) in [5, 5.41) is 14.8. The number of hydrogen-bond acceptors (Lipinski definition) is 4. The molecule has 1 fully saturated rings. The molecule has 1 unspecified atom stereocenters. The molecule has 2 aromatic rings. The first kappa shape index (κ1) is 22.1. The van der Waals surface area contributed by atoms with Gasteiger partial charge in [0.25, 0.3) is 5.91 Å². The fourth-order valence-electron chi connectivity index (χ4n) is 3.71. The van der Waals surface area contributed by atoms with Crippen molar-refractivity contribution in [2.75, 3.05) is 26.2 Å². The molecule has 3 rings (SSSR count). The lowest BCUT2D eigenvalue weighted by Gasteiger charge is -2.23. The van der Waals surface area contributed by atoms with E-state index in [4.69, 9.17) is 5.26 Å². The molecule has 1 aliphatic rings. The number of nitriles is 1. The number of H-pyrrole nitrogens is 1. The summed E-state index contributed by atoms with van der Waals surface area (Å²) in [4.78, 5) is 41.8. The number of nitrogens with one attached hydrogen (secondary N) is 3. The average molecular weight is 422 g/mol. The van der Waals surface area contributed by atoms with Gasteiger partial charge in [-0.25, -0.2) is 0 Å². The Morgan fingerprint density at radius 2 is 1.84 bits per heavy atom. The van der Waals surface area contributed by atoms with Crippen molar-refractivity contribution in [1.82, 2.24) is 20.5 Å². The molecule has 0 aliphatic carbocycles. The molecule has 1 aliphatic heterocycles. The van der Waals surface area contributed by atoms with Gasteiger partial charge in [0.15, 0.2) is 0 Å². The third kappa shape index (κ3) is 6.44. The standard InChI is InChI=1S/C23H27N5O3/c24-14-17-13-20(27-15-17)23(31)28-12-4-10-25-21(29)8-7-19(9-11-26-22(30)16-28)18-5-2-1-3-6-18/h1-3,5-6,13,15,19,27H,4,7-12,16H2,(H,25,29)(H,26,30). The second kappa shape index (κ2) is 11.0. The largest absolute Gasteiger partial charge is 0.356 e. The van der Waals surface area contributed by atoms with E-state index in [0.29, 0.717) is 50.9 Å². The molecule has 0 radical (unpaired) electrons. The first-order valence-electron chi connectivity index (χ1n) is 10.5. The summed E-state index contributed by atoms with van der Waals surface area (Å²) in [5.74, 6) is -0.426. The quantitative estimate of drug-likeness (QED) is 0.686. The number of hydrogen-bond donors (Lipinski definition) is 3. The van der Waals surface area contributed by atoms with Crippen molar-refractivity contribution in [2.45, 2.75) is 31.6 Å². The molecule has 3 amide bonds. The number of benzene rings is 1. The summed E-state index contributed by atoms with van der Waals surface area (Å²) in [6, 6.07) is 13.4. The van der Waals surface area contributed by atoms with Gasteiger partial charge in [0.2, 0.25) is 11.8 Å². The van der Waals surface area contributed by atoms with Crippen molar-refractivity contribution < 1.29 is 14.4 Å². The van der Waals surface area contributed by atoms with Gasteiger partial charge in [-0.05, 0) is 36.8 Å². The molecule has 8 nitrogen and oxygen atoms in total. The third-order valence-electron chi connectivity index (χ3n) is 5.40. The highest BCUT2D eigenvalue weighted by Crippen LogP contribution is 2.24. The van der Waals surface area contributed by atoms with Crippen molar-refractivity contribution in [3.05, 3.63) is 59.4 Å². The molecule has 0 spiro atoms. The Balaban J connectivity index is 1.69. The molecule has 3 N–H and O–H groups in total. The summed E-state index contributed by atoms with van der Waals surface area (Å²) in [6.45, 7) is 1.13. The zero-order chi connectivity index (χ0) is 22.1. The minimum Gasteiger partial charge on any atom is -0.356 e. The van der Waals surface area contributed by atoms with Crippen molar-refractivity contribution in [2.24, 2.45) is 0 Å². The molecule has 1 atom stereocenters. The van der Waals surface area contributed by atoms with E-state index in [-0.39, 0.29) is 35.9 Å². The number of amides is 3. The summed E-state index contributed by atoms with van der Waals surface area (Å²) >= 11 is 0. The number of carbonyl (C=O) groups excluding carboxylic acids is 3. The van der Waals surface area contributed by atoms with Gasteiger partial charge < -0.3 is 20.5 Å². The van der Waals surface area contributed by atoms with Crippen molar-refractivity contribution in [1.29, 1.82) is 5.26 Å².